The summed E-state index contributed by atoms with van der Waals surface area (Å²) in [6.45, 7) is 0.624. The minimum atomic E-state index is -0.705. The third kappa shape index (κ3) is 3.91. The average Bonchev–Trinajstić information content (AvgIpc) is 2.48. The molecule has 1 aromatic carbocycles. The molecule has 106 valence electrons. The highest BCUT2D eigenvalue weighted by atomic mass is 16.5. The molecule has 1 fully saturated rings. The molecule has 1 heterocycles. The molecule has 0 spiro atoms. The average molecular weight is 275 g/mol. The summed E-state index contributed by atoms with van der Waals surface area (Å²) in [7, 11) is 0. The van der Waals surface area contributed by atoms with Gasteiger partial charge in [0.1, 0.15) is 0 Å². The van der Waals surface area contributed by atoms with Gasteiger partial charge in [0, 0.05) is 18.5 Å². The zero-order valence-corrected chi connectivity index (χ0v) is 11.1. The smallest absolute Gasteiger partial charge is 0.307 e. The molecule has 1 saturated heterocycles. The zero-order valence-electron chi connectivity index (χ0n) is 11.1. The fourth-order valence-electron chi connectivity index (χ4n) is 2.06. The molecule has 0 aromatic heterocycles. The van der Waals surface area contributed by atoms with Gasteiger partial charge >= 0.3 is 5.97 Å². The Kier molecular flexibility index (Phi) is 4.87. The van der Waals surface area contributed by atoms with Crippen LogP contribution in [0.5, 0.6) is 0 Å². The molecule has 2 rings (SSSR count). The third-order valence-corrected chi connectivity index (χ3v) is 3.16. The molecule has 0 bridgehead atoms. The predicted octanol–water partition coefficient (Wildman–Crippen LogP) is 1.47. The number of carbonyl (C=O) groups excluding carboxylic acids is 3. The maximum atomic E-state index is 11.8. The highest BCUT2D eigenvalue weighted by molar-refractivity contribution is 5.97. The van der Waals surface area contributed by atoms with Gasteiger partial charge in [-0.3, -0.25) is 14.4 Å². The molecule has 1 amide bonds. The van der Waals surface area contributed by atoms with E-state index in [2.05, 4.69) is 5.32 Å². The van der Waals surface area contributed by atoms with Gasteiger partial charge in [-0.25, -0.2) is 0 Å². The largest absolute Gasteiger partial charge is 0.452 e. The number of benzene rings is 1. The number of piperidine rings is 1. The number of hydrogen-bond donors (Lipinski definition) is 1. The van der Waals surface area contributed by atoms with E-state index in [1.54, 1.807) is 24.3 Å². The molecule has 0 radical (unpaired) electrons. The maximum absolute atomic E-state index is 11.8. The van der Waals surface area contributed by atoms with E-state index in [1.807, 2.05) is 6.07 Å². The van der Waals surface area contributed by atoms with Crippen LogP contribution in [0.15, 0.2) is 30.3 Å². The lowest BCUT2D eigenvalue weighted by Gasteiger charge is -2.21. The fourth-order valence-corrected chi connectivity index (χ4v) is 2.06. The first-order valence-corrected chi connectivity index (χ1v) is 6.72. The second-order valence-electron chi connectivity index (χ2n) is 4.70. The lowest BCUT2D eigenvalue weighted by molar-refractivity contribution is -0.157. The summed E-state index contributed by atoms with van der Waals surface area (Å²) in [5.41, 5.74) is 0.579. The molecule has 0 aliphatic carbocycles. The molecule has 1 atom stereocenters. The number of carbonyl (C=O) groups is 3. The van der Waals surface area contributed by atoms with Crippen molar-refractivity contribution in [2.45, 2.75) is 31.8 Å². The van der Waals surface area contributed by atoms with Gasteiger partial charge in [-0.2, -0.15) is 0 Å². The molecule has 5 heteroatoms. The molecule has 1 N–H and O–H groups in total. The van der Waals surface area contributed by atoms with E-state index in [9.17, 15) is 14.4 Å². The number of rotatable bonds is 5. The Morgan fingerprint density at radius 3 is 2.65 bits per heavy atom. The second kappa shape index (κ2) is 6.84. The summed E-state index contributed by atoms with van der Waals surface area (Å²) in [4.78, 5) is 34.9. The number of amides is 1. The quantitative estimate of drug-likeness (QED) is 0.652. The van der Waals surface area contributed by atoms with E-state index in [4.69, 9.17) is 4.74 Å². The van der Waals surface area contributed by atoms with Crippen molar-refractivity contribution < 1.29 is 19.1 Å². The summed E-state index contributed by atoms with van der Waals surface area (Å²) >= 11 is 0. The van der Waals surface area contributed by atoms with Gasteiger partial charge in [0.25, 0.3) is 5.91 Å². The van der Waals surface area contributed by atoms with Crippen LogP contribution in [0.2, 0.25) is 0 Å². The molecule has 0 saturated carbocycles. The van der Waals surface area contributed by atoms with Crippen LogP contribution in [0.4, 0.5) is 0 Å². The maximum Gasteiger partial charge on any atom is 0.307 e. The van der Waals surface area contributed by atoms with E-state index < -0.39 is 12.1 Å². The number of nitrogens with one attached hydrogen (secondary N) is 1. The van der Waals surface area contributed by atoms with Gasteiger partial charge in [-0.05, 0) is 12.8 Å². The van der Waals surface area contributed by atoms with Crippen molar-refractivity contribution in [1.82, 2.24) is 5.32 Å². The van der Waals surface area contributed by atoms with E-state index in [-0.39, 0.29) is 24.5 Å². The van der Waals surface area contributed by atoms with Crippen molar-refractivity contribution in [3.8, 4) is 0 Å². The Balaban J connectivity index is 1.77. The van der Waals surface area contributed by atoms with Gasteiger partial charge < -0.3 is 10.1 Å². The predicted molar refractivity (Wildman–Crippen MR) is 72.1 cm³/mol. The minimum absolute atomic E-state index is 0.00247. The van der Waals surface area contributed by atoms with Crippen molar-refractivity contribution in [2.75, 3.05) is 6.54 Å². The van der Waals surface area contributed by atoms with Crippen LogP contribution in [-0.4, -0.2) is 30.3 Å². The first-order valence-electron chi connectivity index (χ1n) is 6.72. The van der Waals surface area contributed by atoms with Crippen molar-refractivity contribution in [2.24, 2.45) is 0 Å². The van der Waals surface area contributed by atoms with Crippen molar-refractivity contribution >= 4 is 17.7 Å². The SMILES string of the molecule is O=C(CCC(=O)c1ccccc1)O[C@@H]1CCCNC1=O. The lowest BCUT2D eigenvalue weighted by atomic mass is 10.1. The second-order valence-corrected chi connectivity index (χ2v) is 4.70. The summed E-state index contributed by atoms with van der Waals surface area (Å²) in [5.74, 6) is -0.856. The normalized spacial score (nSPS) is 18.2. The first kappa shape index (κ1) is 14.2. The third-order valence-electron chi connectivity index (χ3n) is 3.16. The standard InChI is InChI=1S/C15H17NO4/c17-12(11-5-2-1-3-6-11)8-9-14(18)20-13-7-4-10-16-15(13)19/h1-3,5-6,13H,4,7-10H2,(H,16,19)/t13-/m1/s1. The van der Waals surface area contributed by atoms with E-state index in [1.165, 1.54) is 0 Å². The van der Waals surface area contributed by atoms with E-state index >= 15 is 0 Å². The number of ketones is 1. The monoisotopic (exact) mass is 275 g/mol. The van der Waals surface area contributed by atoms with Gasteiger partial charge in [-0.1, -0.05) is 30.3 Å². The fraction of sp³-hybridized carbons (Fsp3) is 0.400. The van der Waals surface area contributed by atoms with E-state index in [0.29, 0.717) is 18.5 Å². The Morgan fingerprint density at radius 1 is 1.20 bits per heavy atom. The zero-order chi connectivity index (χ0) is 14.4. The molecule has 1 aliphatic rings. The summed E-state index contributed by atoms with van der Waals surface area (Å²) in [6.07, 6.45) is 0.731. The number of Topliss-reactive ketones (excluding diaryl/α,β-unsaturated/α-hetero) is 1. The number of ether oxygens (including phenoxy) is 1. The molecule has 5 nitrogen and oxygen atoms in total. The topological polar surface area (TPSA) is 72.5 Å². The van der Waals surface area contributed by atoms with Crippen LogP contribution in [-0.2, 0) is 14.3 Å². The number of hydrogen-bond acceptors (Lipinski definition) is 4. The highest BCUT2D eigenvalue weighted by Gasteiger charge is 2.25. The molecule has 1 aliphatic heterocycles. The minimum Gasteiger partial charge on any atom is -0.452 e. The Labute approximate surface area is 117 Å². The number of esters is 1. The van der Waals surface area contributed by atoms with Crippen LogP contribution in [0.1, 0.15) is 36.0 Å². The first-order chi connectivity index (χ1) is 9.66. The Hall–Kier alpha value is -2.17. The lowest BCUT2D eigenvalue weighted by Crippen LogP contribution is -2.42. The van der Waals surface area contributed by atoms with Crippen LogP contribution in [0.25, 0.3) is 0 Å². The molecule has 20 heavy (non-hydrogen) atoms. The van der Waals surface area contributed by atoms with E-state index in [0.717, 1.165) is 6.42 Å². The Bertz CT molecular complexity index is 498. The van der Waals surface area contributed by atoms with Crippen LogP contribution in [0.3, 0.4) is 0 Å². The highest BCUT2D eigenvalue weighted by Crippen LogP contribution is 2.10. The summed E-state index contributed by atoms with van der Waals surface area (Å²) in [6, 6.07) is 8.80. The van der Waals surface area contributed by atoms with Gasteiger partial charge in [0.2, 0.25) is 0 Å². The molecule has 1 aromatic rings. The summed E-state index contributed by atoms with van der Waals surface area (Å²) < 4.78 is 5.09. The Morgan fingerprint density at radius 2 is 1.95 bits per heavy atom. The van der Waals surface area contributed by atoms with Crippen molar-refractivity contribution in [1.29, 1.82) is 0 Å². The molecular formula is C15H17NO4. The van der Waals surface area contributed by atoms with Crippen LogP contribution >= 0.6 is 0 Å². The van der Waals surface area contributed by atoms with Gasteiger partial charge in [-0.15, -0.1) is 0 Å². The van der Waals surface area contributed by atoms with Gasteiger partial charge in [0.15, 0.2) is 11.9 Å². The summed E-state index contributed by atoms with van der Waals surface area (Å²) in [5, 5.41) is 2.65. The van der Waals surface area contributed by atoms with Gasteiger partial charge in [0.05, 0.1) is 6.42 Å². The van der Waals surface area contributed by atoms with Crippen molar-refractivity contribution in [3.05, 3.63) is 35.9 Å². The van der Waals surface area contributed by atoms with Crippen molar-refractivity contribution in [3.63, 3.8) is 0 Å². The van der Waals surface area contributed by atoms with Crippen LogP contribution in [0, 0.1) is 0 Å². The molecule has 0 unspecified atom stereocenters. The molecular weight excluding hydrogens is 258 g/mol. The van der Waals surface area contributed by atoms with Crippen LogP contribution < -0.4 is 5.32 Å².